The van der Waals surface area contributed by atoms with Gasteiger partial charge >= 0.3 is 0 Å². The molecule has 2 amide bonds. The van der Waals surface area contributed by atoms with Crippen molar-refractivity contribution in [3.05, 3.63) is 54.4 Å². The van der Waals surface area contributed by atoms with E-state index >= 15 is 0 Å². The first-order chi connectivity index (χ1) is 13.2. The Labute approximate surface area is 158 Å². The van der Waals surface area contributed by atoms with E-state index in [0.29, 0.717) is 37.5 Å². The fourth-order valence-corrected chi connectivity index (χ4v) is 4.07. The molecule has 0 spiro atoms. The number of piperidine rings is 1. The zero-order valence-electron chi connectivity index (χ0n) is 15.2. The van der Waals surface area contributed by atoms with Gasteiger partial charge in [0.05, 0.1) is 6.20 Å². The van der Waals surface area contributed by atoms with Crippen LogP contribution in [-0.4, -0.2) is 62.2 Å². The van der Waals surface area contributed by atoms with Crippen molar-refractivity contribution in [3.63, 3.8) is 0 Å². The zero-order valence-corrected chi connectivity index (χ0v) is 15.2. The monoisotopic (exact) mass is 365 g/mol. The lowest BCUT2D eigenvalue weighted by atomic mass is 9.94. The predicted octanol–water partition coefficient (Wildman–Crippen LogP) is 1.57. The molecule has 140 valence electrons. The van der Waals surface area contributed by atoms with Crippen LogP contribution in [0.3, 0.4) is 0 Å². The highest BCUT2D eigenvalue weighted by atomic mass is 16.2. The van der Waals surface area contributed by atoms with Gasteiger partial charge in [-0.3, -0.25) is 19.6 Å². The number of hydrogen-bond donors (Lipinski definition) is 0. The van der Waals surface area contributed by atoms with Gasteiger partial charge in [0.15, 0.2) is 0 Å². The number of fused-ring (bicyclic) bond motifs is 4. The third-order valence-corrected chi connectivity index (χ3v) is 5.45. The molecule has 0 aromatic carbocycles. The molecular weight excluding hydrogens is 342 g/mol. The summed E-state index contributed by atoms with van der Waals surface area (Å²) >= 11 is 0. The maximum Gasteiger partial charge on any atom is 0.274 e. The Balaban J connectivity index is 1.42. The topological polar surface area (TPSA) is 79.3 Å². The second-order valence-electron chi connectivity index (χ2n) is 7.31. The Hall–Kier alpha value is -2.83. The summed E-state index contributed by atoms with van der Waals surface area (Å²) in [6.45, 7) is 1.99. The summed E-state index contributed by atoms with van der Waals surface area (Å²) in [7, 11) is 0. The van der Waals surface area contributed by atoms with Gasteiger partial charge in [-0.05, 0) is 36.8 Å². The lowest BCUT2D eigenvalue weighted by Crippen LogP contribution is -2.47. The summed E-state index contributed by atoms with van der Waals surface area (Å²) < 4.78 is 0. The average Bonchev–Trinajstić information content (AvgIpc) is 3.05. The highest BCUT2D eigenvalue weighted by Gasteiger charge is 2.38. The van der Waals surface area contributed by atoms with E-state index in [0.717, 1.165) is 24.9 Å². The Morgan fingerprint density at radius 2 is 1.93 bits per heavy atom. The van der Waals surface area contributed by atoms with Crippen molar-refractivity contribution >= 4 is 11.8 Å². The summed E-state index contributed by atoms with van der Waals surface area (Å²) in [5.41, 5.74) is 1.44. The smallest absolute Gasteiger partial charge is 0.274 e. The van der Waals surface area contributed by atoms with E-state index in [1.807, 2.05) is 28.1 Å². The lowest BCUT2D eigenvalue weighted by Gasteiger charge is -2.36. The van der Waals surface area contributed by atoms with Crippen LogP contribution in [0.5, 0.6) is 0 Å². The SMILES string of the molecule is O=C(c1cnccn1)N1C[C@H]2CC[C@@H](C1)N(C(=O)CCc1cccnc1)C2. The molecule has 0 aliphatic carbocycles. The van der Waals surface area contributed by atoms with E-state index in [-0.39, 0.29) is 17.9 Å². The first-order valence-electron chi connectivity index (χ1n) is 9.44. The average molecular weight is 365 g/mol. The van der Waals surface area contributed by atoms with Crippen LogP contribution in [0.2, 0.25) is 0 Å². The minimum Gasteiger partial charge on any atom is -0.338 e. The Morgan fingerprint density at radius 1 is 1.04 bits per heavy atom. The summed E-state index contributed by atoms with van der Waals surface area (Å²) in [6.07, 6.45) is 11.3. The lowest BCUT2D eigenvalue weighted by molar-refractivity contribution is -0.135. The fourth-order valence-electron chi connectivity index (χ4n) is 4.07. The third-order valence-electron chi connectivity index (χ3n) is 5.45. The number of aromatic nitrogens is 3. The van der Waals surface area contributed by atoms with Gasteiger partial charge in [-0.1, -0.05) is 6.07 Å². The van der Waals surface area contributed by atoms with Crippen molar-refractivity contribution in [2.24, 2.45) is 5.92 Å². The van der Waals surface area contributed by atoms with Crippen molar-refractivity contribution in [2.45, 2.75) is 31.7 Å². The number of amides is 2. The molecule has 0 radical (unpaired) electrons. The van der Waals surface area contributed by atoms with Gasteiger partial charge in [-0.2, -0.15) is 0 Å². The van der Waals surface area contributed by atoms with Crippen molar-refractivity contribution in [1.29, 1.82) is 0 Å². The molecule has 0 saturated carbocycles. The van der Waals surface area contributed by atoms with Crippen molar-refractivity contribution in [3.8, 4) is 0 Å². The van der Waals surface area contributed by atoms with E-state index in [2.05, 4.69) is 15.0 Å². The van der Waals surface area contributed by atoms with E-state index < -0.39 is 0 Å². The second kappa shape index (κ2) is 7.82. The van der Waals surface area contributed by atoms with Crippen LogP contribution in [0.4, 0.5) is 0 Å². The molecule has 2 atom stereocenters. The van der Waals surface area contributed by atoms with Gasteiger partial charge < -0.3 is 9.80 Å². The summed E-state index contributed by atoms with van der Waals surface area (Å²) in [6, 6.07) is 3.98. The van der Waals surface area contributed by atoms with Crippen LogP contribution < -0.4 is 0 Å². The number of nitrogens with zero attached hydrogens (tertiary/aromatic N) is 5. The number of pyridine rings is 1. The van der Waals surface area contributed by atoms with Gasteiger partial charge in [0, 0.05) is 56.9 Å². The van der Waals surface area contributed by atoms with E-state index in [1.54, 1.807) is 12.4 Å². The van der Waals surface area contributed by atoms with E-state index in [1.165, 1.54) is 12.4 Å². The Morgan fingerprint density at radius 3 is 2.70 bits per heavy atom. The van der Waals surface area contributed by atoms with Crippen molar-refractivity contribution in [1.82, 2.24) is 24.8 Å². The highest BCUT2D eigenvalue weighted by Crippen LogP contribution is 2.29. The molecule has 2 aromatic heterocycles. The van der Waals surface area contributed by atoms with Crippen LogP contribution in [0.15, 0.2) is 43.1 Å². The molecule has 7 heteroatoms. The van der Waals surface area contributed by atoms with Crippen LogP contribution in [0.1, 0.15) is 35.3 Å². The third kappa shape index (κ3) is 3.97. The number of rotatable bonds is 4. The van der Waals surface area contributed by atoms with Gasteiger partial charge in [0.25, 0.3) is 5.91 Å². The molecule has 2 aromatic rings. The molecule has 7 nitrogen and oxygen atoms in total. The predicted molar refractivity (Wildman–Crippen MR) is 98.7 cm³/mol. The number of carbonyl (C=O) groups is 2. The largest absolute Gasteiger partial charge is 0.338 e. The molecule has 27 heavy (non-hydrogen) atoms. The first kappa shape index (κ1) is 17.6. The molecule has 5 heterocycles. The highest BCUT2D eigenvalue weighted by molar-refractivity contribution is 5.92. The molecule has 5 rings (SSSR count). The minimum absolute atomic E-state index is 0.0887. The molecule has 3 fully saturated rings. The Bertz CT molecular complexity index is 799. The fraction of sp³-hybridized carbons (Fsp3) is 0.450. The minimum atomic E-state index is -0.0929. The van der Waals surface area contributed by atoms with Crippen molar-refractivity contribution in [2.75, 3.05) is 19.6 Å². The van der Waals surface area contributed by atoms with Crippen molar-refractivity contribution < 1.29 is 9.59 Å². The zero-order chi connectivity index (χ0) is 18.6. The molecule has 3 saturated heterocycles. The summed E-state index contributed by atoms with van der Waals surface area (Å²) in [4.78, 5) is 41.7. The number of hydrogen-bond acceptors (Lipinski definition) is 5. The first-order valence-corrected chi connectivity index (χ1v) is 9.44. The number of carbonyl (C=O) groups excluding carboxylic acids is 2. The van der Waals surface area contributed by atoms with E-state index in [9.17, 15) is 9.59 Å². The maximum absolute atomic E-state index is 12.8. The van der Waals surface area contributed by atoms with Gasteiger partial charge in [-0.25, -0.2) is 4.98 Å². The summed E-state index contributed by atoms with van der Waals surface area (Å²) in [5.74, 6) is 0.402. The molecular formula is C20H23N5O2. The summed E-state index contributed by atoms with van der Waals surface area (Å²) in [5, 5.41) is 0. The van der Waals surface area contributed by atoms with Crippen LogP contribution >= 0.6 is 0 Å². The molecule has 3 aliphatic rings. The van der Waals surface area contributed by atoms with Gasteiger partial charge in [-0.15, -0.1) is 0 Å². The second-order valence-corrected chi connectivity index (χ2v) is 7.31. The molecule has 3 aliphatic heterocycles. The van der Waals surface area contributed by atoms with Gasteiger partial charge in [0.2, 0.25) is 5.91 Å². The molecule has 2 bridgehead atoms. The van der Waals surface area contributed by atoms with Crippen LogP contribution in [0.25, 0.3) is 0 Å². The normalized spacial score (nSPS) is 21.8. The maximum atomic E-state index is 12.8. The van der Waals surface area contributed by atoms with Crippen LogP contribution in [0, 0.1) is 5.92 Å². The number of aryl methyl sites for hydroxylation is 1. The van der Waals surface area contributed by atoms with E-state index in [4.69, 9.17) is 0 Å². The standard InChI is InChI=1S/C20H23N5O2/c26-19(6-4-15-2-1-7-21-10-15)25-13-16-3-5-17(25)14-24(12-16)20(27)18-11-22-8-9-23-18/h1-2,7-11,16-17H,3-6,12-14H2/t16-,17+/m1/s1. The van der Waals surface area contributed by atoms with Gasteiger partial charge in [0.1, 0.15) is 5.69 Å². The molecule has 0 unspecified atom stereocenters. The quantitative estimate of drug-likeness (QED) is 0.822. The molecule has 0 N–H and O–H groups in total. The Kier molecular flexibility index (Phi) is 5.09. The van der Waals surface area contributed by atoms with Crippen LogP contribution in [-0.2, 0) is 11.2 Å².